The molecule has 1 aromatic carbocycles. The number of rotatable bonds is 5. The van der Waals surface area contributed by atoms with Crippen molar-refractivity contribution in [2.75, 3.05) is 11.9 Å². The second kappa shape index (κ2) is 7.30. The largest absolute Gasteiger partial charge is 0.423 e. The summed E-state index contributed by atoms with van der Waals surface area (Å²) in [4.78, 5) is 38.5. The Balaban J connectivity index is 1.36. The van der Waals surface area contributed by atoms with E-state index in [0.29, 0.717) is 17.1 Å². The van der Waals surface area contributed by atoms with Gasteiger partial charge in [-0.1, -0.05) is 18.9 Å². The van der Waals surface area contributed by atoms with Crippen LogP contribution in [0.2, 0.25) is 0 Å². The van der Waals surface area contributed by atoms with E-state index in [1.807, 2.05) is 0 Å². The smallest absolute Gasteiger partial charge is 0.247 e. The molecule has 4 rings (SSSR count). The molecule has 1 saturated heterocycles. The van der Waals surface area contributed by atoms with Crippen LogP contribution >= 0.6 is 0 Å². The molecule has 0 unspecified atom stereocenters. The van der Waals surface area contributed by atoms with Gasteiger partial charge in [0.1, 0.15) is 0 Å². The first kappa shape index (κ1) is 17.4. The lowest BCUT2D eigenvalue weighted by molar-refractivity contribution is -0.140. The van der Waals surface area contributed by atoms with Gasteiger partial charge in [0, 0.05) is 24.2 Å². The van der Waals surface area contributed by atoms with Gasteiger partial charge in [0.2, 0.25) is 30.0 Å². The second-order valence-electron chi connectivity index (χ2n) is 6.95. The summed E-state index contributed by atoms with van der Waals surface area (Å²) in [5.41, 5.74) is 1.28. The molecule has 0 radical (unpaired) electrons. The lowest BCUT2D eigenvalue weighted by Crippen LogP contribution is -2.34. The first-order chi connectivity index (χ1) is 13.1. The summed E-state index contributed by atoms with van der Waals surface area (Å²) in [7, 11) is 0. The molecule has 0 spiro atoms. The fourth-order valence-corrected chi connectivity index (χ4v) is 3.92. The number of nitrogens with one attached hydrogen (secondary N) is 1. The summed E-state index contributed by atoms with van der Waals surface area (Å²) in [6.45, 7) is 0.125. The van der Waals surface area contributed by atoms with Crippen molar-refractivity contribution in [3.8, 4) is 11.5 Å². The maximum Gasteiger partial charge on any atom is 0.247 e. The predicted octanol–water partition coefficient (Wildman–Crippen LogP) is 2.24. The van der Waals surface area contributed by atoms with E-state index in [2.05, 4.69) is 15.5 Å². The Kier molecular flexibility index (Phi) is 4.70. The van der Waals surface area contributed by atoms with Gasteiger partial charge in [0.15, 0.2) is 0 Å². The van der Waals surface area contributed by atoms with E-state index in [9.17, 15) is 14.4 Å². The monoisotopic (exact) mass is 368 g/mol. The number of hydrogen-bond donors (Lipinski definition) is 1. The highest BCUT2D eigenvalue weighted by atomic mass is 16.4. The van der Waals surface area contributed by atoms with Crippen molar-refractivity contribution in [3.05, 3.63) is 30.7 Å². The van der Waals surface area contributed by atoms with Crippen LogP contribution in [0.15, 0.2) is 35.1 Å². The summed E-state index contributed by atoms with van der Waals surface area (Å²) in [6, 6.07) is 7.05. The zero-order valence-corrected chi connectivity index (χ0v) is 14.8. The Hall–Kier alpha value is -3.03. The Labute approximate surface area is 155 Å². The highest BCUT2D eigenvalue weighted by molar-refractivity contribution is 6.05. The number of anilines is 1. The predicted molar refractivity (Wildman–Crippen MR) is 95.1 cm³/mol. The number of imide groups is 1. The summed E-state index contributed by atoms with van der Waals surface area (Å²) in [5.74, 6) is -0.484. The van der Waals surface area contributed by atoms with Crippen molar-refractivity contribution in [1.29, 1.82) is 0 Å². The van der Waals surface area contributed by atoms with E-state index in [4.69, 9.17) is 4.42 Å². The van der Waals surface area contributed by atoms with E-state index in [-0.39, 0.29) is 42.5 Å². The van der Waals surface area contributed by atoms with Crippen LogP contribution in [0.4, 0.5) is 5.69 Å². The number of aromatic nitrogens is 2. The number of carbonyl (C=O) groups excluding carboxylic acids is 3. The van der Waals surface area contributed by atoms with Gasteiger partial charge >= 0.3 is 0 Å². The van der Waals surface area contributed by atoms with Gasteiger partial charge in [0.05, 0.1) is 11.8 Å². The minimum atomic E-state index is -0.256. The molecular formula is C19H20N4O4. The van der Waals surface area contributed by atoms with Crippen molar-refractivity contribution in [2.45, 2.75) is 32.1 Å². The third-order valence-corrected chi connectivity index (χ3v) is 5.25. The number of hydrogen-bond acceptors (Lipinski definition) is 6. The first-order valence-electron chi connectivity index (χ1n) is 9.15. The van der Waals surface area contributed by atoms with Gasteiger partial charge in [-0.2, -0.15) is 0 Å². The van der Waals surface area contributed by atoms with Crippen LogP contribution in [0, 0.1) is 11.8 Å². The highest BCUT2D eigenvalue weighted by Gasteiger charge is 2.47. The molecule has 1 aromatic heterocycles. The van der Waals surface area contributed by atoms with Crippen molar-refractivity contribution in [3.63, 3.8) is 0 Å². The molecule has 27 heavy (non-hydrogen) atoms. The van der Waals surface area contributed by atoms with Crippen molar-refractivity contribution in [1.82, 2.24) is 15.1 Å². The molecule has 2 aromatic rings. The van der Waals surface area contributed by atoms with E-state index in [1.54, 1.807) is 24.3 Å². The van der Waals surface area contributed by atoms with Crippen molar-refractivity contribution in [2.24, 2.45) is 11.8 Å². The molecule has 2 fully saturated rings. The fraction of sp³-hybridized carbons (Fsp3) is 0.421. The third-order valence-electron chi connectivity index (χ3n) is 5.25. The third kappa shape index (κ3) is 3.47. The average Bonchev–Trinajstić information content (AvgIpc) is 3.29. The molecule has 1 N–H and O–H groups in total. The van der Waals surface area contributed by atoms with Gasteiger partial charge in [0.25, 0.3) is 0 Å². The number of benzene rings is 1. The molecule has 3 amide bonds. The molecule has 1 saturated carbocycles. The standard InChI is InChI=1S/C19H20N4O4/c24-16(21-13-5-3-4-12(10-13)17-22-20-11-27-17)8-9-23-18(25)14-6-1-2-7-15(14)19(23)26/h3-5,10-11,14-15H,1-2,6-9H2,(H,21,24)/t14-,15-/m0/s1. The zero-order chi connectivity index (χ0) is 18.8. The molecule has 140 valence electrons. The molecule has 2 heterocycles. The molecule has 2 atom stereocenters. The van der Waals surface area contributed by atoms with Crippen molar-refractivity contribution < 1.29 is 18.8 Å². The average molecular weight is 368 g/mol. The van der Waals surface area contributed by atoms with Crippen LogP contribution in [0.1, 0.15) is 32.1 Å². The summed E-state index contributed by atoms with van der Waals surface area (Å²) in [6.07, 6.45) is 4.85. The maximum atomic E-state index is 12.4. The molecule has 1 aliphatic carbocycles. The normalized spacial score (nSPS) is 22.0. The van der Waals surface area contributed by atoms with Crippen LogP contribution < -0.4 is 5.32 Å². The number of likely N-dealkylation sites (tertiary alicyclic amines) is 1. The quantitative estimate of drug-likeness (QED) is 0.812. The van der Waals surface area contributed by atoms with Gasteiger partial charge in [-0.05, 0) is 31.0 Å². The Morgan fingerprint density at radius 1 is 1.19 bits per heavy atom. The minimum Gasteiger partial charge on any atom is -0.423 e. The summed E-state index contributed by atoms with van der Waals surface area (Å²) < 4.78 is 5.15. The van der Waals surface area contributed by atoms with E-state index >= 15 is 0 Å². The molecular weight excluding hydrogens is 348 g/mol. The van der Waals surface area contributed by atoms with E-state index in [1.165, 1.54) is 11.3 Å². The topological polar surface area (TPSA) is 105 Å². The van der Waals surface area contributed by atoms with Crippen LogP contribution in [0.5, 0.6) is 0 Å². The number of carbonyl (C=O) groups is 3. The fourth-order valence-electron chi connectivity index (χ4n) is 3.92. The number of amides is 3. The van der Waals surface area contributed by atoms with Gasteiger partial charge in [-0.25, -0.2) is 0 Å². The zero-order valence-electron chi connectivity index (χ0n) is 14.8. The van der Waals surface area contributed by atoms with Crippen LogP contribution in [0.3, 0.4) is 0 Å². The number of nitrogens with zero attached hydrogens (tertiary/aromatic N) is 3. The van der Waals surface area contributed by atoms with Crippen LogP contribution in [-0.4, -0.2) is 39.4 Å². The Morgan fingerprint density at radius 3 is 2.59 bits per heavy atom. The molecule has 1 aliphatic heterocycles. The number of fused-ring (bicyclic) bond motifs is 1. The highest BCUT2D eigenvalue weighted by Crippen LogP contribution is 2.38. The Morgan fingerprint density at radius 2 is 1.93 bits per heavy atom. The SMILES string of the molecule is O=C(CCN1C(=O)[C@H]2CCCC[C@@H]2C1=O)Nc1cccc(-c2nnco2)c1. The molecule has 0 bridgehead atoms. The molecule has 8 nitrogen and oxygen atoms in total. The molecule has 8 heteroatoms. The van der Waals surface area contributed by atoms with Crippen LogP contribution in [-0.2, 0) is 14.4 Å². The van der Waals surface area contributed by atoms with Gasteiger partial charge in [-0.3, -0.25) is 19.3 Å². The Bertz CT molecular complexity index is 840. The molecule has 2 aliphatic rings. The lowest BCUT2D eigenvalue weighted by atomic mass is 9.81. The van der Waals surface area contributed by atoms with Gasteiger partial charge in [-0.15, -0.1) is 10.2 Å². The summed E-state index contributed by atoms with van der Waals surface area (Å²) >= 11 is 0. The van der Waals surface area contributed by atoms with Crippen LogP contribution in [0.25, 0.3) is 11.5 Å². The minimum absolute atomic E-state index is 0.0711. The maximum absolute atomic E-state index is 12.4. The second-order valence-corrected chi connectivity index (χ2v) is 6.95. The van der Waals surface area contributed by atoms with Gasteiger partial charge < -0.3 is 9.73 Å². The van der Waals surface area contributed by atoms with Crippen molar-refractivity contribution >= 4 is 23.4 Å². The van der Waals surface area contributed by atoms with E-state index < -0.39 is 0 Å². The van der Waals surface area contributed by atoms with E-state index in [0.717, 1.165) is 25.7 Å². The lowest BCUT2D eigenvalue weighted by Gasteiger charge is -2.19. The first-order valence-corrected chi connectivity index (χ1v) is 9.15. The summed E-state index contributed by atoms with van der Waals surface area (Å²) in [5, 5.41) is 10.3.